The van der Waals surface area contributed by atoms with Crippen molar-refractivity contribution < 1.29 is 19.4 Å². The summed E-state index contributed by atoms with van der Waals surface area (Å²) in [7, 11) is 0. The molecule has 0 saturated heterocycles. The number of phenolic OH excluding ortho intramolecular Hbond substituents is 1. The first-order valence-corrected chi connectivity index (χ1v) is 9.77. The minimum atomic E-state index is -0.627. The Kier molecular flexibility index (Phi) is 6.94. The van der Waals surface area contributed by atoms with Gasteiger partial charge in [0.25, 0.3) is 5.91 Å². The lowest BCUT2D eigenvalue weighted by Crippen LogP contribution is -2.39. The summed E-state index contributed by atoms with van der Waals surface area (Å²) >= 11 is 0. The lowest BCUT2D eigenvalue weighted by Gasteiger charge is -2.26. The van der Waals surface area contributed by atoms with Crippen LogP contribution in [0.25, 0.3) is 0 Å². The van der Waals surface area contributed by atoms with Crippen LogP contribution in [-0.4, -0.2) is 29.6 Å². The van der Waals surface area contributed by atoms with Gasteiger partial charge in [-0.1, -0.05) is 19.1 Å². The molecular formula is C22H25N3O4. The van der Waals surface area contributed by atoms with Gasteiger partial charge in [-0.15, -0.1) is 5.11 Å². The van der Waals surface area contributed by atoms with Gasteiger partial charge < -0.3 is 15.2 Å². The van der Waals surface area contributed by atoms with Gasteiger partial charge in [0.05, 0.1) is 11.3 Å². The number of nitrogens with zero attached hydrogens (tertiary/aromatic N) is 2. The zero-order valence-corrected chi connectivity index (χ0v) is 16.4. The molecule has 29 heavy (non-hydrogen) atoms. The van der Waals surface area contributed by atoms with E-state index in [9.17, 15) is 14.7 Å². The number of aromatic hydroxyl groups is 1. The van der Waals surface area contributed by atoms with Crippen molar-refractivity contribution in [3.05, 3.63) is 54.1 Å². The van der Waals surface area contributed by atoms with Crippen molar-refractivity contribution in [3.8, 4) is 5.75 Å². The lowest BCUT2D eigenvalue weighted by molar-refractivity contribution is -0.125. The molecule has 7 heteroatoms. The molecule has 0 aliphatic heterocycles. The molecule has 0 spiro atoms. The number of nitrogens with one attached hydrogen (secondary N) is 1. The second-order valence-electron chi connectivity index (χ2n) is 7.33. The summed E-state index contributed by atoms with van der Waals surface area (Å²) in [6.45, 7) is 1.89. The number of amides is 1. The van der Waals surface area contributed by atoms with E-state index in [1.807, 2.05) is 0 Å². The molecule has 3 rings (SSSR count). The second-order valence-corrected chi connectivity index (χ2v) is 7.33. The Bertz CT molecular complexity index is 872. The van der Waals surface area contributed by atoms with Crippen molar-refractivity contribution >= 4 is 23.3 Å². The molecule has 152 valence electrons. The first-order chi connectivity index (χ1) is 14.0. The summed E-state index contributed by atoms with van der Waals surface area (Å²) < 4.78 is 5.18. The second kappa shape index (κ2) is 9.82. The molecule has 1 fully saturated rings. The Labute approximate surface area is 169 Å². The molecule has 2 aromatic carbocycles. The lowest BCUT2D eigenvalue weighted by atomic mass is 9.87. The van der Waals surface area contributed by atoms with Crippen LogP contribution >= 0.6 is 0 Å². The molecule has 1 aliphatic carbocycles. The average molecular weight is 395 g/mol. The number of hydrogen-bond donors (Lipinski definition) is 2. The highest BCUT2D eigenvalue weighted by atomic mass is 16.5. The average Bonchev–Trinajstić information content (AvgIpc) is 2.73. The van der Waals surface area contributed by atoms with Crippen molar-refractivity contribution in [2.45, 2.75) is 38.6 Å². The molecule has 1 aliphatic rings. The number of esters is 1. The molecular weight excluding hydrogens is 370 g/mol. The standard InChI is InChI=1S/C22H25N3O4/c1-15-6-8-16(9-7-15)23-21(27)14-29-22(28)19-4-2-3-5-20(19)25-24-17-10-12-18(26)13-11-17/h2-5,10-13,15-16,26H,6-9,14H2,1H3,(H,23,27). The van der Waals surface area contributed by atoms with Crippen molar-refractivity contribution in [1.82, 2.24) is 5.32 Å². The number of ether oxygens (including phenoxy) is 1. The number of azo groups is 1. The Hall–Kier alpha value is -3.22. The van der Waals surface area contributed by atoms with Crippen molar-refractivity contribution in [3.63, 3.8) is 0 Å². The quantitative estimate of drug-likeness (QED) is 0.549. The highest BCUT2D eigenvalue weighted by Crippen LogP contribution is 2.25. The van der Waals surface area contributed by atoms with Crippen LogP contribution < -0.4 is 5.32 Å². The molecule has 1 saturated carbocycles. The van der Waals surface area contributed by atoms with Crippen molar-refractivity contribution in [2.24, 2.45) is 16.1 Å². The molecule has 0 aromatic heterocycles. The summed E-state index contributed by atoms with van der Waals surface area (Å²) in [5.74, 6) is -0.0825. The molecule has 0 radical (unpaired) electrons. The van der Waals surface area contributed by atoms with Gasteiger partial charge in [0, 0.05) is 6.04 Å². The van der Waals surface area contributed by atoms with Crippen LogP contribution in [0, 0.1) is 5.92 Å². The number of carbonyl (C=O) groups is 2. The van der Waals surface area contributed by atoms with Gasteiger partial charge in [-0.05, 0) is 68.0 Å². The normalized spacial score (nSPS) is 19.1. The van der Waals surface area contributed by atoms with Gasteiger partial charge in [0.15, 0.2) is 6.61 Å². The molecule has 0 unspecified atom stereocenters. The van der Waals surface area contributed by atoms with E-state index in [2.05, 4.69) is 22.5 Å². The van der Waals surface area contributed by atoms with E-state index in [0.717, 1.165) is 25.7 Å². The van der Waals surface area contributed by atoms with E-state index < -0.39 is 5.97 Å². The van der Waals surface area contributed by atoms with Crippen LogP contribution in [0.3, 0.4) is 0 Å². The van der Waals surface area contributed by atoms with Crippen LogP contribution in [0.2, 0.25) is 0 Å². The third kappa shape index (κ3) is 6.14. The zero-order chi connectivity index (χ0) is 20.6. The van der Waals surface area contributed by atoms with E-state index >= 15 is 0 Å². The number of rotatable bonds is 6. The predicted molar refractivity (Wildman–Crippen MR) is 109 cm³/mol. The monoisotopic (exact) mass is 395 g/mol. The van der Waals surface area contributed by atoms with Crippen LogP contribution in [0.1, 0.15) is 43.0 Å². The third-order valence-corrected chi connectivity index (χ3v) is 4.96. The molecule has 1 amide bonds. The van der Waals surface area contributed by atoms with Crippen LogP contribution in [0.15, 0.2) is 58.8 Å². The van der Waals surface area contributed by atoms with Crippen molar-refractivity contribution in [1.29, 1.82) is 0 Å². The summed E-state index contributed by atoms with van der Waals surface area (Å²) in [5, 5.41) is 20.4. The van der Waals surface area contributed by atoms with E-state index in [0.29, 0.717) is 17.3 Å². The highest BCUT2D eigenvalue weighted by Gasteiger charge is 2.21. The molecule has 0 bridgehead atoms. The maximum atomic E-state index is 12.4. The highest BCUT2D eigenvalue weighted by molar-refractivity contribution is 5.96. The Morgan fingerprint density at radius 1 is 1.03 bits per heavy atom. The maximum Gasteiger partial charge on any atom is 0.340 e. The first kappa shape index (κ1) is 20.5. The van der Waals surface area contributed by atoms with E-state index in [1.54, 1.807) is 36.4 Å². The summed E-state index contributed by atoms with van der Waals surface area (Å²) in [6.07, 6.45) is 4.12. The molecule has 2 N–H and O–H groups in total. The number of hydrogen-bond acceptors (Lipinski definition) is 6. The zero-order valence-electron chi connectivity index (χ0n) is 16.4. The fourth-order valence-corrected chi connectivity index (χ4v) is 3.25. The van der Waals surface area contributed by atoms with E-state index in [-0.39, 0.29) is 29.9 Å². The minimum absolute atomic E-state index is 0.133. The first-order valence-electron chi connectivity index (χ1n) is 9.77. The summed E-state index contributed by atoms with van der Waals surface area (Å²) in [4.78, 5) is 24.5. The van der Waals surface area contributed by atoms with E-state index in [4.69, 9.17) is 4.74 Å². The minimum Gasteiger partial charge on any atom is -0.508 e. The van der Waals surface area contributed by atoms with Gasteiger partial charge in [-0.2, -0.15) is 5.11 Å². The van der Waals surface area contributed by atoms with Crippen LogP contribution in [0.5, 0.6) is 5.75 Å². The predicted octanol–water partition coefficient (Wildman–Crippen LogP) is 4.66. The fraction of sp³-hybridized carbons (Fsp3) is 0.364. The third-order valence-electron chi connectivity index (χ3n) is 4.96. The Morgan fingerprint density at radius 3 is 2.45 bits per heavy atom. The van der Waals surface area contributed by atoms with Gasteiger partial charge >= 0.3 is 5.97 Å². The Balaban J connectivity index is 1.56. The molecule has 0 atom stereocenters. The van der Waals surface area contributed by atoms with E-state index in [1.165, 1.54) is 12.1 Å². The van der Waals surface area contributed by atoms with Gasteiger partial charge in [0.2, 0.25) is 0 Å². The van der Waals surface area contributed by atoms with Crippen LogP contribution in [0.4, 0.5) is 11.4 Å². The number of phenols is 1. The summed E-state index contributed by atoms with van der Waals surface area (Å²) in [5.41, 5.74) is 1.11. The van der Waals surface area contributed by atoms with Gasteiger partial charge in [-0.25, -0.2) is 4.79 Å². The van der Waals surface area contributed by atoms with Crippen molar-refractivity contribution in [2.75, 3.05) is 6.61 Å². The fourth-order valence-electron chi connectivity index (χ4n) is 3.25. The molecule has 7 nitrogen and oxygen atoms in total. The van der Waals surface area contributed by atoms with Gasteiger partial charge in [0.1, 0.15) is 11.4 Å². The molecule has 2 aromatic rings. The molecule has 0 heterocycles. The van der Waals surface area contributed by atoms with Gasteiger partial charge in [-0.3, -0.25) is 4.79 Å². The maximum absolute atomic E-state index is 12.4. The van der Waals surface area contributed by atoms with Crippen LogP contribution in [-0.2, 0) is 9.53 Å². The number of benzene rings is 2. The summed E-state index contributed by atoms with van der Waals surface area (Å²) in [6, 6.07) is 13.0. The smallest absolute Gasteiger partial charge is 0.340 e. The SMILES string of the molecule is CC1CCC(NC(=O)COC(=O)c2ccccc2N=Nc2ccc(O)cc2)CC1. The largest absolute Gasteiger partial charge is 0.508 e. The Morgan fingerprint density at radius 2 is 1.72 bits per heavy atom. The topological polar surface area (TPSA) is 100 Å². The number of carbonyl (C=O) groups excluding carboxylic acids is 2.